The van der Waals surface area contributed by atoms with Gasteiger partial charge in [0.25, 0.3) is 0 Å². The highest BCUT2D eigenvalue weighted by atomic mass is 32.2. The predicted octanol–water partition coefficient (Wildman–Crippen LogP) is 1.96. The molecule has 0 aromatic carbocycles. The lowest BCUT2D eigenvalue weighted by Gasteiger charge is -2.35. The minimum absolute atomic E-state index is 0.104. The zero-order valence-corrected chi connectivity index (χ0v) is 16.4. The van der Waals surface area contributed by atoms with E-state index in [1.165, 1.54) is 0 Å². The van der Waals surface area contributed by atoms with Gasteiger partial charge in [0.2, 0.25) is 5.95 Å². The molecule has 1 fully saturated rings. The Kier molecular flexibility index (Phi) is 7.01. The van der Waals surface area contributed by atoms with Crippen LogP contribution in [0.5, 0.6) is 0 Å². The van der Waals surface area contributed by atoms with Gasteiger partial charge < -0.3 is 15.0 Å². The van der Waals surface area contributed by atoms with E-state index in [0.29, 0.717) is 18.4 Å². The van der Waals surface area contributed by atoms with E-state index in [9.17, 15) is 8.42 Å². The lowest BCUT2D eigenvalue weighted by Crippen LogP contribution is -2.43. The number of nitrogens with one attached hydrogen (secondary N) is 1. The topological polar surface area (TPSA) is 84.4 Å². The number of sulfone groups is 1. The van der Waals surface area contributed by atoms with E-state index in [1.807, 2.05) is 13.1 Å². The van der Waals surface area contributed by atoms with Gasteiger partial charge in [-0.2, -0.15) is 4.98 Å². The summed E-state index contributed by atoms with van der Waals surface area (Å²) >= 11 is 0. The fourth-order valence-corrected chi connectivity index (χ4v) is 3.78. The molecule has 0 saturated carbocycles. The maximum Gasteiger partial charge on any atom is 0.227 e. The Balaban J connectivity index is 2.02. The molecule has 0 unspecified atom stereocenters. The Morgan fingerprint density at radius 3 is 2.88 bits per heavy atom. The summed E-state index contributed by atoms with van der Waals surface area (Å²) in [6, 6.07) is 2.06. The van der Waals surface area contributed by atoms with Crippen molar-refractivity contribution in [2.24, 2.45) is 5.92 Å². The SMILES string of the molecule is CCS(=O)(=O)CCN(C)c1nccc(N[C@@H]2CCCO[C@@H]2C(C)C)n1. The Labute approximate surface area is 151 Å². The fraction of sp³-hybridized carbons (Fsp3) is 0.765. The average molecular weight is 371 g/mol. The number of hydrogen-bond donors (Lipinski definition) is 1. The summed E-state index contributed by atoms with van der Waals surface area (Å²) in [7, 11) is -1.19. The number of nitrogens with zero attached hydrogens (tertiary/aromatic N) is 3. The molecule has 2 rings (SSSR count). The van der Waals surface area contributed by atoms with E-state index in [-0.39, 0.29) is 23.7 Å². The third-order valence-corrected chi connectivity index (χ3v) is 6.20. The lowest BCUT2D eigenvalue weighted by molar-refractivity contribution is -0.0203. The van der Waals surface area contributed by atoms with Crippen molar-refractivity contribution in [1.82, 2.24) is 9.97 Å². The van der Waals surface area contributed by atoms with E-state index in [0.717, 1.165) is 25.3 Å². The molecule has 0 amide bonds. The first kappa shape index (κ1) is 19.9. The molecule has 7 nitrogen and oxygen atoms in total. The van der Waals surface area contributed by atoms with Crippen molar-refractivity contribution in [2.75, 3.05) is 41.9 Å². The van der Waals surface area contributed by atoms with Gasteiger partial charge in [0, 0.05) is 32.1 Å². The molecule has 2 atom stereocenters. The van der Waals surface area contributed by atoms with Gasteiger partial charge in [-0.15, -0.1) is 0 Å². The number of aromatic nitrogens is 2. The van der Waals surface area contributed by atoms with Crippen molar-refractivity contribution in [3.63, 3.8) is 0 Å². The van der Waals surface area contributed by atoms with Crippen molar-refractivity contribution >= 4 is 21.6 Å². The van der Waals surface area contributed by atoms with Gasteiger partial charge in [-0.25, -0.2) is 13.4 Å². The Hall–Kier alpha value is -1.41. The first-order chi connectivity index (χ1) is 11.8. The van der Waals surface area contributed by atoms with Crippen molar-refractivity contribution in [1.29, 1.82) is 0 Å². The summed E-state index contributed by atoms with van der Waals surface area (Å²) in [6.45, 7) is 7.18. The van der Waals surface area contributed by atoms with Crippen molar-refractivity contribution < 1.29 is 13.2 Å². The summed E-state index contributed by atoms with van der Waals surface area (Å²) in [5.74, 6) is 1.96. The molecular formula is C17H30N4O3S. The van der Waals surface area contributed by atoms with Crippen molar-refractivity contribution in [3.05, 3.63) is 12.3 Å². The number of rotatable bonds is 8. The number of ether oxygens (including phenoxy) is 1. The van der Waals surface area contributed by atoms with E-state index in [4.69, 9.17) is 4.74 Å². The second-order valence-corrected chi connectivity index (χ2v) is 9.35. The predicted molar refractivity (Wildman–Crippen MR) is 101 cm³/mol. The summed E-state index contributed by atoms with van der Waals surface area (Å²) in [5.41, 5.74) is 0. The third-order valence-electron chi connectivity index (χ3n) is 4.52. The molecule has 1 N–H and O–H groups in total. The smallest absolute Gasteiger partial charge is 0.227 e. The normalized spacial score (nSPS) is 21.3. The molecule has 0 aliphatic carbocycles. The van der Waals surface area contributed by atoms with Crippen LogP contribution in [0.3, 0.4) is 0 Å². The lowest BCUT2D eigenvalue weighted by atomic mass is 9.94. The van der Waals surface area contributed by atoms with Crippen LogP contribution in [0.25, 0.3) is 0 Å². The quantitative estimate of drug-likeness (QED) is 0.749. The molecule has 1 aromatic rings. The number of hydrogen-bond acceptors (Lipinski definition) is 7. The molecule has 8 heteroatoms. The van der Waals surface area contributed by atoms with Gasteiger partial charge >= 0.3 is 0 Å². The Bertz CT molecular complexity index is 651. The summed E-state index contributed by atoms with van der Waals surface area (Å²) in [6.07, 6.45) is 3.95. The summed E-state index contributed by atoms with van der Waals surface area (Å²) in [5, 5.41) is 3.47. The van der Waals surface area contributed by atoms with Crippen LogP contribution in [-0.2, 0) is 14.6 Å². The van der Waals surface area contributed by atoms with Crippen LogP contribution in [0, 0.1) is 5.92 Å². The highest BCUT2D eigenvalue weighted by Gasteiger charge is 2.28. The monoisotopic (exact) mass is 370 g/mol. The maximum absolute atomic E-state index is 11.7. The molecule has 1 aromatic heterocycles. The van der Waals surface area contributed by atoms with Crippen LogP contribution in [0.4, 0.5) is 11.8 Å². The van der Waals surface area contributed by atoms with Crippen molar-refractivity contribution in [3.8, 4) is 0 Å². The molecule has 0 radical (unpaired) electrons. The molecule has 1 aliphatic rings. The number of anilines is 2. The Morgan fingerprint density at radius 2 is 2.20 bits per heavy atom. The van der Waals surface area contributed by atoms with Crippen LogP contribution in [0.15, 0.2) is 12.3 Å². The second kappa shape index (κ2) is 8.80. The van der Waals surface area contributed by atoms with Crippen LogP contribution in [-0.4, -0.2) is 62.2 Å². The Morgan fingerprint density at radius 1 is 1.44 bits per heavy atom. The van der Waals surface area contributed by atoms with E-state index in [2.05, 4.69) is 29.1 Å². The molecule has 25 heavy (non-hydrogen) atoms. The van der Waals surface area contributed by atoms with E-state index < -0.39 is 9.84 Å². The van der Waals surface area contributed by atoms with Gasteiger partial charge in [0.1, 0.15) is 5.82 Å². The second-order valence-electron chi connectivity index (χ2n) is 6.87. The molecule has 1 saturated heterocycles. The van der Waals surface area contributed by atoms with Gasteiger partial charge in [0.05, 0.1) is 17.9 Å². The molecule has 0 bridgehead atoms. The van der Waals surface area contributed by atoms with Crippen LogP contribution in [0.2, 0.25) is 0 Å². The molecular weight excluding hydrogens is 340 g/mol. The zero-order chi connectivity index (χ0) is 18.4. The van der Waals surface area contributed by atoms with Gasteiger partial charge in [-0.3, -0.25) is 0 Å². The van der Waals surface area contributed by atoms with Gasteiger partial charge in [-0.05, 0) is 24.8 Å². The highest BCUT2D eigenvalue weighted by Crippen LogP contribution is 2.23. The summed E-state index contributed by atoms with van der Waals surface area (Å²) < 4.78 is 29.2. The molecule has 1 aliphatic heterocycles. The van der Waals surface area contributed by atoms with Gasteiger partial charge in [0.15, 0.2) is 9.84 Å². The largest absolute Gasteiger partial charge is 0.376 e. The van der Waals surface area contributed by atoms with Crippen LogP contribution < -0.4 is 10.2 Å². The molecule has 142 valence electrons. The standard InChI is InChI=1S/C17H30N4O3S/c1-5-25(22,23)12-10-21(4)17-18-9-8-15(20-17)19-14-7-6-11-24-16(14)13(2)3/h8-9,13-14,16H,5-7,10-12H2,1-4H3,(H,18,19,20)/t14-,16-/m1/s1. The average Bonchev–Trinajstić information content (AvgIpc) is 2.60. The van der Waals surface area contributed by atoms with Gasteiger partial charge in [-0.1, -0.05) is 20.8 Å². The van der Waals surface area contributed by atoms with Crippen molar-refractivity contribution in [2.45, 2.75) is 45.8 Å². The third kappa shape index (κ3) is 5.81. The van der Waals surface area contributed by atoms with E-state index in [1.54, 1.807) is 18.0 Å². The molecule has 2 heterocycles. The zero-order valence-electron chi connectivity index (χ0n) is 15.6. The first-order valence-corrected chi connectivity index (χ1v) is 10.8. The summed E-state index contributed by atoms with van der Waals surface area (Å²) in [4.78, 5) is 10.6. The highest BCUT2D eigenvalue weighted by molar-refractivity contribution is 7.91. The first-order valence-electron chi connectivity index (χ1n) is 8.95. The minimum Gasteiger partial charge on any atom is -0.376 e. The van der Waals surface area contributed by atoms with Crippen LogP contribution >= 0.6 is 0 Å². The molecule has 0 spiro atoms. The minimum atomic E-state index is -3.00. The van der Waals surface area contributed by atoms with E-state index >= 15 is 0 Å². The fourth-order valence-electron chi connectivity index (χ4n) is 2.94. The van der Waals surface area contributed by atoms with Crippen LogP contribution in [0.1, 0.15) is 33.6 Å². The maximum atomic E-state index is 11.7.